The first-order valence-electron chi connectivity index (χ1n) is 11.2. The molecule has 1 amide bonds. The Balaban J connectivity index is 0. The van der Waals surface area contributed by atoms with Gasteiger partial charge in [-0.05, 0) is 6.42 Å². The van der Waals surface area contributed by atoms with Crippen molar-refractivity contribution in [1.29, 1.82) is 0 Å². The molecule has 0 rings (SSSR count). The number of carboxylic acids is 1. The fourth-order valence-corrected chi connectivity index (χ4v) is 2.71. The SMILES string of the molecule is CCCCCCCCCCCCCCNC(=O)C(C)C(N)C(=O)[O-].C[NH+](C)C. The summed E-state index contributed by atoms with van der Waals surface area (Å²) in [4.78, 5) is 23.7. The normalized spacial score (nSPS) is 12.8. The number of amides is 1. The second kappa shape index (κ2) is 20.6. The lowest BCUT2D eigenvalue weighted by Crippen LogP contribution is -3.02. The van der Waals surface area contributed by atoms with Gasteiger partial charge >= 0.3 is 0 Å². The summed E-state index contributed by atoms with van der Waals surface area (Å²) in [5.74, 6) is -2.45. The fourth-order valence-electron chi connectivity index (χ4n) is 2.71. The molecular formula is C22H47N3O3. The third kappa shape index (κ3) is 21.2. The lowest BCUT2D eigenvalue weighted by molar-refractivity contribution is -0.836. The molecule has 0 aliphatic carbocycles. The molecule has 0 saturated carbocycles. The van der Waals surface area contributed by atoms with Crippen molar-refractivity contribution in [3.63, 3.8) is 0 Å². The number of hydrogen-bond acceptors (Lipinski definition) is 4. The Morgan fingerprint density at radius 3 is 1.57 bits per heavy atom. The number of carbonyl (C=O) groups excluding carboxylic acids is 2. The van der Waals surface area contributed by atoms with Crippen molar-refractivity contribution >= 4 is 11.9 Å². The molecule has 0 bridgehead atoms. The van der Waals surface area contributed by atoms with E-state index < -0.39 is 17.9 Å². The molecule has 0 aromatic carbocycles. The van der Waals surface area contributed by atoms with Crippen LogP contribution in [-0.2, 0) is 9.59 Å². The van der Waals surface area contributed by atoms with Crippen LogP contribution in [0.1, 0.15) is 90.9 Å². The number of unbranched alkanes of at least 4 members (excludes halogenated alkanes) is 11. The fraction of sp³-hybridized carbons (Fsp3) is 0.909. The zero-order valence-electron chi connectivity index (χ0n) is 19.1. The van der Waals surface area contributed by atoms with E-state index in [1.165, 1.54) is 76.0 Å². The molecule has 0 aromatic rings. The number of carboxylic acid groups (broad SMARTS) is 1. The maximum atomic E-state index is 11.7. The molecule has 6 heteroatoms. The minimum Gasteiger partial charge on any atom is -0.548 e. The van der Waals surface area contributed by atoms with Gasteiger partial charge in [0.15, 0.2) is 0 Å². The molecule has 4 N–H and O–H groups in total. The molecule has 0 heterocycles. The topological polar surface area (TPSA) is 99.7 Å². The van der Waals surface area contributed by atoms with Crippen molar-refractivity contribution in [3.8, 4) is 0 Å². The summed E-state index contributed by atoms with van der Waals surface area (Å²) in [6.07, 6.45) is 15.3. The van der Waals surface area contributed by atoms with Crippen molar-refractivity contribution in [2.24, 2.45) is 11.7 Å². The van der Waals surface area contributed by atoms with Gasteiger partial charge in [0.25, 0.3) is 0 Å². The van der Waals surface area contributed by atoms with E-state index in [2.05, 4.69) is 33.4 Å². The number of quaternary nitrogens is 1. The average Bonchev–Trinajstić information content (AvgIpc) is 2.63. The number of aliphatic carboxylic acids is 1. The Labute approximate surface area is 173 Å². The van der Waals surface area contributed by atoms with E-state index in [9.17, 15) is 14.7 Å². The van der Waals surface area contributed by atoms with Crippen molar-refractivity contribution < 1.29 is 19.6 Å². The first-order valence-corrected chi connectivity index (χ1v) is 11.2. The number of nitrogens with two attached hydrogens (primary N) is 1. The van der Waals surface area contributed by atoms with E-state index in [1.807, 2.05) is 0 Å². The molecule has 28 heavy (non-hydrogen) atoms. The minimum absolute atomic E-state index is 0.310. The Kier molecular flexibility index (Phi) is 21.4. The van der Waals surface area contributed by atoms with Crippen LogP contribution >= 0.6 is 0 Å². The molecule has 6 nitrogen and oxygen atoms in total. The molecule has 2 unspecified atom stereocenters. The Morgan fingerprint density at radius 2 is 1.21 bits per heavy atom. The Morgan fingerprint density at radius 1 is 0.857 bits per heavy atom. The summed E-state index contributed by atoms with van der Waals surface area (Å²) in [7, 11) is 6.25. The second-order valence-electron chi connectivity index (χ2n) is 8.31. The van der Waals surface area contributed by atoms with Crippen molar-refractivity contribution in [1.82, 2.24) is 5.32 Å². The smallest absolute Gasteiger partial charge is 0.224 e. The van der Waals surface area contributed by atoms with E-state index in [1.54, 1.807) is 0 Å². The lowest BCUT2D eigenvalue weighted by Gasteiger charge is -2.19. The van der Waals surface area contributed by atoms with E-state index in [0.29, 0.717) is 6.54 Å². The molecule has 0 spiro atoms. The molecule has 0 aromatic heterocycles. The van der Waals surface area contributed by atoms with Crippen LogP contribution in [0.25, 0.3) is 0 Å². The van der Waals surface area contributed by atoms with Crippen molar-refractivity contribution in [2.75, 3.05) is 27.7 Å². The third-order valence-electron chi connectivity index (χ3n) is 4.55. The second-order valence-corrected chi connectivity index (χ2v) is 8.31. The van der Waals surface area contributed by atoms with Gasteiger partial charge in [0.2, 0.25) is 5.91 Å². The molecular weight excluding hydrogens is 354 g/mol. The van der Waals surface area contributed by atoms with Crippen LogP contribution in [-0.4, -0.2) is 45.6 Å². The van der Waals surface area contributed by atoms with Gasteiger partial charge < -0.3 is 25.9 Å². The summed E-state index contributed by atoms with van der Waals surface area (Å²) >= 11 is 0. The van der Waals surface area contributed by atoms with Crippen LogP contribution in [0.15, 0.2) is 0 Å². The molecule has 168 valence electrons. The third-order valence-corrected chi connectivity index (χ3v) is 4.55. The zero-order chi connectivity index (χ0) is 21.8. The summed E-state index contributed by atoms with van der Waals surface area (Å²) < 4.78 is 0. The summed E-state index contributed by atoms with van der Waals surface area (Å²) in [5.41, 5.74) is 5.38. The van der Waals surface area contributed by atoms with Gasteiger partial charge in [0.05, 0.1) is 39.1 Å². The molecule has 0 saturated heterocycles. The maximum absolute atomic E-state index is 11.7. The molecule has 2 atom stereocenters. The van der Waals surface area contributed by atoms with Gasteiger partial charge in [0.1, 0.15) is 0 Å². The van der Waals surface area contributed by atoms with Gasteiger partial charge in [-0.1, -0.05) is 84.5 Å². The highest BCUT2D eigenvalue weighted by Gasteiger charge is 2.20. The summed E-state index contributed by atoms with van der Waals surface area (Å²) in [6.45, 7) is 4.34. The number of hydrogen-bond donors (Lipinski definition) is 3. The lowest BCUT2D eigenvalue weighted by atomic mass is 10.0. The Bertz CT molecular complexity index is 373. The number of carbonyl (C=O) groups is 2. The van der Waals surface area contributed by atoms with E-state index in [-0.39, 0.29) is 5.91 Å². The minimum atomic E-state index is -1.39. The average molecular weight is 402 g/mol. The maximum Gasteiger partial charge on any atom is 0.224 e. The van der Waals surface area contributed by atoms with Crippen LogP contribution in [0.2, 0.25) is 0 Å². The zero-order valence-corrected chi connectivity index (χ0v) is 19.1. The van der Waals surface area contributed by atoms with Gasteiger partial charge in [-0.3, -0.25) is 4.79 Å². The first kappa shape index (κ1) is 29.1. The predicted molar refractivity (Wildman–Crippen MR) is 115 cm³/mol. The van der Waals surface area contributed by atoms with Gasteiger partial charge in [-0.15, -0.1) is 0 Å². The molecule has 0 radical (unpaired) electrons. The van der Waals surface area contributed by atoms with Crippen LogP contribution < -0.4 is 21.1 Å². The standard InChI is InChI=1S/C19H38N2O3.C3H9N/c1-3-4-5-6-7-8-9-10-11-12-13-14-15-21-18(22)16(2)17(20)19(23)24;1-4(2)3/h16-17H,3-15,20H2,1-2H3,(H,21,22)(H,23,24);1-3H3. The quantitative estimate of drug-likeness (QED) is 0.339. The predicted octanol–water partition coefficient (Wildman–Crippen LogP) is 1.28. The largest absolute Gasteiger partial charge is 0.548 e. The highest BCUT2D eigenvalue weighted by molar-refractivity contribution is 5.85. The van der Waals surface area contributed by atoms with E-state index in [0.717, 1.165) is 12.8 Å². The summed E-state index contributed by atoms with van der Waals surface area (Å²) in [5, 5.41) is 13.4. The monoisotopic (exact) mass is 401 g/mol. The molecule has 0 aliphatic heterocycles. The highest BCUT2D eigenvalue weighted by Crippen LogP contribution is 2.11. The van der Waals surface area contributed by atoms with Crippen molar-refractivity contribution in [2.45, 2.75) is 96.9 Å². The van der Waals surface area contributed by atoms with Gasteiger partial charge in [-0.2, -0.15) is 0 Å². The van der Waals surface area contributed by atoms with Crippen molar-refractivity contribution in [3.05, 3.63) is 0 Å². The van der Waals surface area contributed by atoms with E-state index >= 15 is 0 Å². The van der Waals surface area contributed by atoms with Crippen LogP contribution in [0.4, 0.5) is 0 Å². The van der Waals surface area contributed by atoms with Crippen LogP contribution in [0.3, 0.4) is 0 Å². The molecule has 0 aliphatic rings. The van der Waals surface area contributed by atoms with Crippen LogP contribution in [0, 0.1) is 5.92 Å². The van der Waals surface area contributed by atoms with Gasteiger partial charge in [-0.25, -0.2) is 0 Å². The first-order chi connectivity index (χ1) is 13.2. The summed E-state index contributed by atoms with van der Waals surface area (Å²) in [6, 6.07) is -1.24. The van der Waals surface area contributed by atoms with Crippen LogP contribution in [0.5, 0.6) is 0 Å². The number of nitrogens with one attached hydrogen (secondary N) is 2. The number of rotatable bonds is 16. The Hall–Kier alpha value is -1.14. The van der Waals surface area contributed by atoms with Gasteiger partial charge in [0, 0.05) is 6.54 Å². The van der Waals surface area contributed by atoms with E-state index in [4.69, 9.17) is 5.73 Å². The highest BCUT2D eigenvalue weighted by atomic mass is 16.4. The molecule has 0 fully saturated rings.